The van der Waals surface area contributed by atoms with E-state index in [1.807, 2.05) is 0 Å². The van der Waals surface area contributed by atoms with E-state index in [1.54, 1.807) is 28.3 Å². The van der Waals surface area contributed by atoms with Crippen molar-refractivity contribution in [3.8, 4) is 0 Å². The summed E-state index contributed by atoms with van der Waals surface area (Å²) in [5.74, 6) is -0.375. The van der Waals surface area contributed by atoms with Crippen molar-refractivity contribution in [1.82, 2.24) is 0 Å². The molecule has 0 atom stereocenters. The molecule has 17 heavy (non-hydrogen) atoms. The molecule has 7 heteroatoms. The van der Waals surface area contributed by atoms with Gasteiger partial charge >= 0.3 is 42.1 Å². The number of carbonyl (C=O) groups excluding carboxylic acids is 1. The third-order valence-corrected chi connectivity index (χ3v) is 4.97. The summed E-state index contributed by atoms with van der Waals surface area (Å²) in [6, 6.07) is 0.611. The van der Waals surface area contributed by atoms with E-state index in [0.29, 0.717) is 24.6 Å². The van der Waals surface area contributed by atoms with Crippen LogP contribution in [0.5, 0.6) is 0 Å². The van der Waals surface area contributed by atoms with Crippen molar-refractivity contribution in [2.75, 3.05) is 27.9 Å². The van der Waals surface area contributed by atoms with E-state index in [2.05, 4.69) is 6.58 Å². The van der Waals surface area contributed by atoms with Crippen LogP contribution in [0.4, 0.5) is 0 Å². The van der Waals surface area contributed by atoms with E-state index in [1.165, 1.54) is 0 Å². The number of rotatable bonds is 8. The Kier molecular flexibility index (Phi) is 11.7. The molecule has 0 aliphatic heterocycles. The van der Waals surface area contributed by atoms with Gasteiger partial charge in [-0.2, -0.15) is 0 Å². The summed E-state index contributed by atoms with van der Waals surface area (Å²) in [4.78, 5) is 11.1. The Morgan fingerprint density at radius 3 is 2.00 bits per heavy atom. The Morgan fingerprint density at radius 2 is 1.65 bits per heavy atom. The average molecular weight is 458 g/mol. The minimum atomic E-state index is -2.53. The molecule has 0 heterocycles. The van der Waals surface area contributed by atoms with Crippen molar-refractivity contribution in [2.24, 2.45) is 0 Å². The first-order chi connectivity index (χ1) is 7.51. The second-order valence-corrected chi connectivity index (χ2v) is 6.41. The molecule has 0 N–H and O–H groups in total. The summed E-state index contributed by atoms with van der Waals surface area (Å²) in [6.07, 6.45) is 0.640. The van der Waals surface area contributed by atoms with Crippen molar-refractivity contribution in [2.45, 2.75) is 19.4 Å². The van der Waals surface area contributed by atoms with Crippen molar-refractivity contribution in [1.29, 1.82) is 0 Å². The van der Waals surface area contributed by atoms with Gasteiger partial charge in [-0.25, -0.2) is 4.79 Å². The number of ether oxygens (including phenoxy) is 1. The van der Waals surface area contributed by atoms with Gasteiger partial charge < -0.3 is 18.0 Å². The van der Waals surface area contributed by atoms with E-state index >= 15 is 0 Å². The van der Waals surface area contributed by atoms with Crippen LogP contribution in [0.15, 0.2) is 12.2 Å². The zero-order valence-electron chi connectivity index (χ0n) is 11.1. The first-order valence-corrected chi connectivity index (χ1v) is 6.92. The maximum absolute atomic E-state index is 11.1. The second-order valence-electron chi connectivity index (χ2n) is 3.32. The Hall–Kier alpha value is 0.229. The van der Waals surface area contributed by atoms with Crippen LogP contribution in [0.3, 0.4) is 0 Å². The van der Waals surface area contributed by atoms with Crippen LogP contribution in [0, 0.1) is 0 Å². The average Bonchev–Trinajstić information content (AvgIpc) is 2.30. The normalized spacial score (nSPS) is 10.6. The van der Waals surface area contributed by atoms with Crippen LogP contribution in [0.25, 0.3) is 0 Å². The number of carbonyl (C=O) groups is 1. The van der Waals surface area contributed by atoms with Crippen LogP contribution in [0.2, 0.25) is 6.04 Å². The molecule has 100 valence electrons. The molecule has 0 unspecified atom stereocenters. The summed E-state index contributed by atoms with van der Waals surface area (Å²) in [6.45, 7) is 5.42. The molecule has 0 aromatic heterocycles. The van der Waals surface area contributed by atoms with Gasteiger partial charge in [0.1, 0.15) is 0 Å². The summed E-state index contributed by atoms with van der Waals surface area (Å²) in [5.41, 5.74) is 0.397. The molecular weight excluding hydrogens is 435 g/mol. The van der Waals surface area contributed by atoms with Crippen LogP contribution in [0.1, 0.15) is 13.3 Å². The van der Waals surface area contributed by atoms with Crippen LogP contribution in [-0.2, 0) is 22.8 Å². The zero-order chi connectivity index (χ0) is 12.6. The molecule has 0 aromatic rings. The number of esters is 1. The molecule has 0 fully saturated rings. The summed E-state index contributed by atoms with van der Waals surface area (Å²) >= 11 is 0. The molecule has 0 amide bonds. The molecule has 0 aliphatic carbocycles. The molecule has 0 saturated heterocycles. The standard InChI is InChI=1S/C10H20O5Si.Pb.2H/c1-9(2)10(11)15-7-6-8-16(12-3,13-4)14-5;;;/h1,6-8H2,2-5H3;;;. The fourth-order valence-electron chi connectivity index (χ4n) is 1.13. The molecule has 0 aromatic carbocycles. The van der Waals surface area contributed by atoms with Gasteiger partial charge in [0.25, 0.3) is 0 Å². The van der Waals surface area contributed by atoms with E-state index in [4.69, 9.17) is 18.0 Å². The molecule has 0 aliphatic rings. The van der Waals surface area contributed by atoms with Crippen molar-refractivity contribution in [3.05, 3.63) is 12.2 Å². The fraction of sp³-hybridized carbons (Fsp3) is 0.700. The van der Waals surface area contributed by atoms with E-state index < -0.39 is 8.80 Å². The summed E-state index contributed by atoms with van der Waals surface area (Å²) in [7, 11) is 2.13. The molecule has 0 rings (SSSR count). The fourth-order valence-corrected chi connectivity index (χ4v) is 2.82. The van der Waals surface area contributed by atoms with Crippen molar-refractivity contribution < 1.29 is 22.8 Å². The van der Waals surface area contributed by atoms with Crippen molar-refractivity contribution in [3.63, 3.8) is 0 Å². The number of hydrogen-bond acceptors (Lipinski definition) is 5. The Labute approximate surface area is 124 Å². The molecule has 5 nitrogen and oxygen atoms in total. The molecule has 2 radical (unpaired) electrons. The predicted octanol–water partition coefficient (Wildman–Crippen LogP) is 0.458. The summed E-state index contributed by atoms with van der Waals surface area (Å²) in [5, 5.41) is 0. The SMILES string of the molecule is C=C(C)C(=O)OCCC[Si](OC)(OC)OC.[PbH2]. The van der Waals surface area contributed by atoms with Gasteiger partial charge in [0.05, 0.1) is 6.61 Å². The zero-order valence-corrected chi connectivity index (χ0v) is 17.6. The molecule has 0 spiro atoms. The monoisotopic (exact) mass is 458 g/mol. The Balaban J connectivity index is 0. The number of hydrogen-bond donors (Lipinski definition) is 0. The van der Waals surface area contributed by atoms with Gasteiger partial charge in [0, 0.05) is 32.9 Å². The maximum atomic E-state index is 11.1. The van der Waals surface area contributed by atoms with E-state index in [-0.39, 0.29) is 33.3 Å². The van der Waals surface area contributed by atoms with Crippen molar-refractivity contribution >= 4 is 42.1 Å². The van der Waals surface area contributed by atoms with E-state index in [9.17, 15) is 4.79 Å². The topological polar surface area (TPSA) is 54.0 Å². The first-order valence-electron chi connectivity index (χ1n) is 4.99. The Bertz CT molecular complexity index is 235. The minimum absolute atomic E-state index is 0. The van der Waals surface area contributed by atoms with Crippen LogP contribution in [-0.4, -0.2) is 70.0 Å². The van der Waals surface area contributed by atoms with Gasteiger partial charge in [-0.05, 0) is 13.3 Å². The Morgan fingerprint density at radius 1 is 1.18 bits per heavy atom. The van der Waals surface area contributed by atoms with E-state index in [0.717, 1.165) is 0 Å². The third-order valence-electron chi connectivity index (χ3n) is 2.14. The van der Waals surface area contributed by atoms with Gasteiger partial charge in [-0.1, -0.05) is 6.58 Å². The van der Waals surface area contributed by atoms with Crippen LogP contribution < -0.4 is 0 Å². The van der Waals surface area contributed by atoms with Gasteiger partial charge in [-0.15, -0.1) is 0 Å². The quantitative estimate of drug-likeness (QED) is 0.229. The third kappa shape index (κ3) is 7.29. The second kappa shape index (κ2) is 10.2. The predicted molar refractivity (Wildman–Crippen MR) is 70.5 cm³/mol. The van der Waals surface area contributed by atoms with Crippen LogP contribution >= 0.6 is 0 Å². The van der Waals surface area contributed by atoms with Gasteiger partial charge in [0.2, 0.25) is 0 Å². The molecule has 0 saturated carbocycles. The van der Waals surface area contributed by atoms with Gasteiger partial charge in [-0.3, -0.25) is 0 Å². The summed E-state index contributed by atoms with van der Waals surface area (Å²) < 4.78 is 20.6. The first kappa shape index (κ1) is 19.6. The van der Waals surface area contributed by atoms with Gasteiger partial charge in [0.15, 0.2) is 0 Å². The molecule has 0 bridgehead atoms. The molecular formula is C10H22O5PbSi.